The molecular formula is C14H18FNO. The number of halogens is 1. The molecule has 0 fully saturated rings. The first-order valence-corrected chi connectivity index (χ1v) is 5.96. The molecule has 2 nitrogen and oxygen atoms in total. The fourth-order valence-electron chi connectivity index (χ4n) is 2.14. The Morgan fingerprint density at radius 1 is 1.41 bits per heavy atom. The highest BCUT2D eigenvalue weighted by molar-refractivity contribution is 5.56. The Kier molecular flexibility index (Phi) is 3.48. The van der Waals surface area contributed by atoms with Gasteiger partial charge in [-0.3, -0.25) is 0 Å². The Morgan fingerprint density at radius 3 is 2.76 bits per heavy atom. The van der Waals surface area contributed by atoms with Crippen LogP contribution in [0.4, 0.5) is 10.1 Å². The number of benzene rings is 1. The van der Waals surface area contributed by atoms with E-state index in [1.54, 1.807) is 13.0 Å². The smallest absolute Gasteiger partial charge is 0.123 e. The van der Waals surface area contributed by atoms with Gasteiger partial charge in [0.15, 0.2) is 0 Å². The van der Waals surface area contributed by atoms with E-state index in [2.05, 4.69) is 17.9 Å². The third kappa shape index (κ3) is 2.67. The molecule has 0 spiro atoms. The van der Waals surface area contributed by atoms with Gasteiger partial charge in [-0.25, -0.2) is 4.39 Å². The van der Waals surface area contributed by atoms with E-state index >= 15 is 0 Å². The van der Waals surface area contributed by atoms with Crippen LogP contribution in [0.5, 0.6) is 0 Å². The molecule has 0 aromatic heterocycles. The van der Waals surface area contributed by atoms with Gasteiger partial charge in [-0.15, -0.1) is 0 Å². The number of hydrogen-bond donors (Lipinski definition) is 1. The highest BCUT2D eigenvalue weighted by atomic mass is 19.1. The summed E-state index contributed by atoms with van der Waals surface area (Å²) in [5.41, 5.74) is 2.99. The van der Waals surface area contributed by atoms with E-state index < -0.39 is 6.10 Å². The van der Waals surface area contributed by atoms with Crippen LogP contribution >= 0.6 is 0 Å². The van der Waals surface area contributed by atoms with Crippen LogP contribution in [0.25, 0.3) is 0 Å². The molecule has 1 aromatic carbocycles. The van der Waals surface area contributed by atoms with Gasteiger partial charge in [0.25, 0.3) is 0 Å². The van der Waals surface area contributed by atoms with Gasteiger partial charge in [-0.1, -0.05) is 11.6 Å². The largest absolute Gasteiger partial charge is 0.389 e. The van der Waals surface area contributed by atoms with Gasteiger partial charge in [-0.05, 0) is 38.5 Å². The Hall–Kier alpha value is -1.35. The van der Waals surface area contributed by atoms with Gasteiger partial charge in [0.2, 0.25) is 0 Å². The minimum absolute atomic E-state index is 0.298. The lowest BCUT2D eigenvalue weighted by molar-refractivity contribution is 0.199. The standard InChI is InChI=1S/C14H18FNO/c1-10-5-7-16(8-6-10)14-4-3-12(15)9-13(14)11(2)17/h3-5,9,11,17H,6-8H2,1-2H3/t11-/m0/s1. The van der Waals surface area contributed by atoms with Gasteiger partial charge in [0.1, 0.15) is 5.82 Å². The zero-order chi connectivity index (χ0) is 12.4. The van der Waals surface area contributed by atoms with Gasteiger partial charge in [-0.2, -0.15) is 0 Å². The van der Waals surface area contributed by atoms with Crippen molar-refractivity contribution in [1.29, 1.82) is 0 Å². The summed E-state index contributed by atoms with van der Waals surface area (Å²) in [5.74, 6) is -0.298. The lowest BCUT2D eigenvalue weighted by Crippen LogP contribution is -2.29. The van der Waals surface area contributed by atoms with Crippen LogP contribution in [0.1, 0.15) is 31.9 Å². The SMILES string of the molecule is CC1=CCN(c2ccc(F)cc2[C@H](C)O)CC1. The van der Waals surface area contributed by atoms with Crippen molar-refractivity contribution < 1.29 is 9.50 Å². The molecule has 0 amide bonds. The summed E-state index contributed by atoms with van der Waals surface area (Å²) in [4.78, 5) is 2.18. The van der Waals surface area contributed by atoms with Crippen molar-refractivity contribution in [2.24, 2.45) is 0 Å². The minimum Gasteiger partial charge on any atom is -0.389 e. The molecule has 0 saturated heterocycles. The van der Waals surface area contributed by atoms with Crippen LogP contribution in [0.2, 0.25) is 0 Å². The first-order valence-electron chi connectivity index (χ1n) is 5.96. The van der Waals surface area contributed by atoms with E-state index in [-0.39, 0.29) is 5.82 Å². The first kappa shape index (κ1) is 12.1. The molecule has 17 heavy (non-hydrogen) atoms. The van der Waals surface area contributed by atoms with Crippen molar-refractivity contribution in [2.75, 3.05) is 18.0 Å². The molecule has 2 rings (SSSR count). The number of hydrogen-bond acceptors (Lipinski definition) is 2. The van der Waals surface area contributed by atoms with Gasteiger partial charge < -0.3 is 10.0 Å². The lowest BCUT2D eigenvalue weighted by Gasteiger charge is -2.30. The fraction of sp³-hybridized carbons (Fsp3) is 0.429. The molecular weight excluding hydrogens is 217 g/mol. The van der Waals surface area contributed by atoms with Crippen LogP contribution in [-0.4, -0.2) is 18.2 Å². The normalized spacial score (nSPS) is 17.9. The molecule has 3 heteroatoms. The fourth-order valence-corrected chi connectivity index (χ4v) is 2.14. The predicted molar refractivity (Wildman–Crippen MR) is 67.6 cm³/mol. The molecule has 1 N–H and O–H groups in total. The third-order valence-electron chi connectivity index (χ3n) is 3.22. The second-order valence-corrected chi connectivity index (χ2v) is 4.63. The maximum Gasteiger partial charge on any atom is 0.123 e. The van der Waals surface area contributed by atoms with Crippen LogP contribution in [-0.2, 0) is 0 Å². The average Bonchev–Trinajstić information content (AvgIpc) is 2.30. The lowest BCUT2D eigenvalue weighted by atomic mass is 10.0. The zero-order valence-electron chi connectivity index (χ0n) is 10.3. The van der Waals surface area contributed by atoms with Gasteiger partial charge >= 0.3 is 0 Å². The van der Waals surface area contributed by atoms with Crippen LogP contribution < -0.4 is 4.90 Å². The first-order chi connectivity index (χ1) is 8.08. The van der Waals surface area contributed by atoms with E-state index in [1.165, 1.54) is 17.7 Å². The number of anilines is 1. The Morgan fingerprint density at radius 2 is 2.18 bits per heavy atom. The highest BCUT2D eigenvalue weighted by Crippen LogP contribution is 2.29. The second kappa shape index (κ2) is 4.88. The quantitative estimate of drug-likeness (QED) is 0.796. The highest BCUT2D eigenvalue weighted by Gasteiger charge is 2.16. The van der Waals surface area contributed by atoms with Gasteiger partial charge in [0.05, 0.1) is 6.10 Å². The van der Waals surface area contributed by atoms with E-state index in [0.717, 1.165) is 25.2 Å². The molecule has 1 aromatic rings. The van der Waals surface area contributed by atoms with Crippen molar-refractivity contribution in [1.82, 2.24) is 0 Å². The summed E-state index contributed by atoms with van der Waals surface area (Å²) in [5, 5.41) is 9.70. The predicted octanol–water partition coefficient (Wildman–Crippen LogP) is 3.04. The molecule has 1 aliphatic rings. The van der Waals surface area contributed by atoms with Crippen molar-refractivity contribution in [2.45, 2.75) is 26.4 Å². The number of aliphatic hydroxyl groups is 1. The average molecular weight is 235 g/mol. The van der Waals surface area contributed by atoms with Crippen LogP contribution in [0.3, 0.4) is 0 Å². The molecule has 1 aliphatic heterocycles. The number of rotatable bonds is 2. The molecule has 0 radical (unpaired) electrons. The van der Waals surface area contributed by atoms with Crippen molar-refractivity contribution in [3.8, 4) is 0 Å². The molecule has 0 unspecified atom stereocenters. The molecule has 0 aliphatic carbocycles. The van der Waals surface area contributed by atoms with Crippen LogP contribution in [0, 0.1) is 5.82 Å². The molecule has 92 valence electrons. The van der Waals surface area contributed by atoms with E-state index in [9.17, 15) is 9.50 Å². The minimum atomic E-state index is -0.646. The Balaban J connectivity index is 2.32. The Bertz CT molecular complexity index is 440. The summed E-state index contributed by atoms with van der Waals surface area (Å²) in [6.45, 7) is 5.55. The monoisotopic (exact) mass is 235 g/mol. The second-order valence-electron chi connectivity index (χ2n) is 4.63. The summed E-state index contributed by atoms with van der Waals surface area (Å²) in [6, 6.07) is 4.63. The van der Waals surface area contributed by atoms with E-state index in [4.69, 9.17) is 0 Å². The van der Waals surface area contributed by atoms with E-state index in [0.29, 0.717) is 5.56 Å². The molecule has 1 heterocycles. The zero-order valence-corrected chi connectivity index (χ0v) is 10.3. The maximum atomic E-state index is 13.2. The van der Waals surface area contributed by atoms with Gasteiger partial charge in [0, 0.05) is 24.3 Å². The molecule has 1 atom stereocenters. The molecule has 0 bridgehead atoms. The van der Waals surface area contributed by atoms with Crippen LogP contribution in [0.15, 0.2) is 29.8 Å². The van der Waals surface area contributed by atoms with E-state index in [1.807, 2.05) is 0 Å². The summed E-state index contributed by atoms with van der Waals surface area (Å²) in [6.07, 6.45) is 2.56. The Labute approximate surface area is 101 Å². The van der Waals surface area contributed by atoms with Crippen molar-refractivity contribution in [3.05, 3.63) is 41.2 Å². The maximum absolute atomic E-state index is 13.2. The summed E-state index contributed by atoms with van der Waals surface area (Å²) in [7, 11) is 0. The summed E-state index contributed by atoms with van der Waals surface area (Å²) >= 11 is 0. The summed E-state index contributed by atoms with van der Waals surface area (Å²) < 4.78 is 13.2. The van der Waals surface area contributed by atoms with Crippen molar-refractivity contribution >= 4 is 5.69 Å². The third-order valence-corrected chi connectivity index (χ3v) is 3.22. The number of aliphatic hydroxyl groups excluding tert-OH is 1. The van der Waals surface area contributed by atoms with Crippen molar-refractivity contribution in [3.63, 3.8) is 0 Å². The number of nitrogens with zero attached hydrogens (tertiary/aromatic N) is 1. The molecule has 0 saturated carbocycles. The topological polar surface area (TPSA) is 23.5 Å².